The van der Waals surface area contributed by atoms with Crippen LogP contribution in [0.2, 0.25) is 0 Å². The number of amides is 2. The van der Waals surface area contributed by atoms with Crippen LogP contribution in [0.5, 0.6) is 0 Å². The Balaban J connectivity index is 1.72. The molecule has 1 aromatic carbocycles. The maximum Gasteiger partial charge on any atom is 0.326 e. The van der Waals surface area contributed by atoms with E-state index in [9.17, 15) is 14.7 Å². The molecule has 1 saturated carbocycles. The minimum Gasteiger partial charge on any atom is -0.481 e. The molecule has 0 bridgehead atoms. The fraction of sp³-hybridized carbons (Fsp3) is 0.577. The molecule has 9 nitrogen and oxygen atoms in total. The van der Waals surface area contributed by atoms with Crippen LogP contribution in [0, 0.1) is 12.8 Å². The van der Waals surface area contributed by atoms with E-state index >= 15 is 0 Å². The van der Waals surface area contributed by atoms with Gasteiger partial charge in [-0.15, -0.1) is 0 Å². The minimum absolute atomic E-state index is 0.249. The van der Waals surface area contributed by atoms with Gasteiger partial charge in [-0.3, -0.25) is 10.1 Å². The molecule has 2 aromatic rings. The van der Waals surface area contributed by atoms with Crippen LogP contribution in [0.3, 0.4) is 0 Å². The molecule has 0 spiro atoms. The summed E-state index contributed by atoms with van der Waals surface area (Å²) in [7, 11) is 0. The van der Waals surface area contributed by atoms with Crippen LogP contribution in [-0.2, 0) is 14.9 Å². The van der Waals surface area contributed by atoms with Gasteiger partial charge < -0.3 is 24.6 Å². The lowest BCUT2D eigenvalue weighted by molar-refractivity contribution is -0.143. The Morgan fingerprint density at radius 1 is 1.17 bits per heavy atom. The molecule has 0 unspecified atom stereocenters. The van der Waals surface area contributed by atoms with Crippen molar-refractivity contribution in [2.45, 2.75) is 70.8 Å². The van der Waals surface area contributed by atoms with Crippen LogP contribution in [0.1, 0.15) is 63.6 Å². The molecule has 0 atom stereocenters. The highest BCUT2D eigenvalue weighted by molar-refractivity contribution is 6.01. The minimum atomic E-state index is -0.922. The van der Waals surface area contributed by atoms with Crippen molar-refractivity contribution in [3.63, 3.8) is 0 Å². The average Bonchev–Trinajstić information content (AvgIpc) is 3.48. The van der Waals surface area contributed by atoms with Crippen LogP contribution in [0.4, 0.5) is 22.1 Å². The number of nitrogens with one attached hydrogen (secondary N) is 2. The highest BCUT2D eigenvalue weighted by Crippen LogP contribution is 2.44. The second-order valence-corrected chi connectivity index (χ2v) is 10.1. The van der Waals surface area contributed by atoms with Gasteiger partial charge in [0, 0.05) is 31.9 Å². The van der Waals surface area contributed by atoms with Gasteiger partial charge in [0.2, 0.25) is 5.88 Å². The number of benzene rings is 1. The number of carbonyl (C=O) groups is 2. The van der Waals surface area contributed by atoms with E-state index in [1.165, 1.54) is 0 Å². The van der Waals surface area contributed by atoms with Crippen LogP contribution >= 0.6 is 0 Å². The predicted molar refractivity (Wildman–Crippen MR) is 134 cm³/mol. The Kier molecular flexibility index (Phi) is 7.64. The monoisotopic (exact) mass is 484 g/mol. The SMILES string of the molecule is Cc1cc(NC(=O)Nc2cc(C3(C(=O)O)CCCC3)ccc2N(CC(C)C)C2CCOCC2)on1. The number of nitrogens with zero attached hydrogens (tertiary/aromatic N) is 2. The number of aromatic nitrogens is 1. The van der Waals surface area contributed by atoms with Gasteiger partial charge >= 0.3 is 12.0 Å². The van der Waals surface area contributed by atoms with E-state index in [1.54, 1.807) is 13.0 Å². The third-order valence-corrected chi connectivity index (χ3v) is 7.03. The first-order valence-electron chi connectivity index (χ1n) is 12.5. The van der Waals surface area contributed by atoms with Gasteiger partial charge in [0.25, 0.3) is 0 Å². The van der Waals surface area contributed by atoms with Crippen LogP contribution in [0.15, 0.2) is 28.8 Å². The first-order chi connectivity index (χ1) is 16.8. The zero-order valence-corrected chi connectivity index (χ0v) is 20.8. The molecule has 1 aliphatic heterocycles. The largest absolute Gasteiger partial charge is 0.481 e. The van der Waals surface area contributed by atoms with Crippen molar-refractivity contribution in [1.29, 1.82) is 0 Å². The van der Waals surface area contributed by atoms with Gasteiger partial charge in [0.1, 0.15) is 0 Å². The number of hydrogen-bond donors (Lipinski definition) is 3. The van der Waals surface area contributed by atoms with E-state index in [2.05, 4.69) is 34.5 Å². The van der Waals surface area contributed by atoms with Crippen LogP contribution in [0.25, 0.3) is 0 Å². The van der Waals surface area contributed by atoms with Gasteiger partial charge in [0.15, 0.2) is 0 Å². The highest BCUT2D eigenvalue weighted by atomic mass is 16.5. The Bertz CT molecular complexity index is 1040. The van der Waals surface area contributed by atoms with Crippen molar-refractivity contribution >= 4 is 29.3 Å². The predicted octanol–water partition coefficient (Wildman–Crippen LogP) is 5.16. The van der Waals surface area contributed by atoms with Crippen molar-refractivity contribution < 1.29 is 24.0 Å². The molecule has 190 valence electrons. The molecule has 9 heteroatoms. The van der Waals surface area contributed by atoms with Gasteiger partial charge in [-0.1, -0.05) is 37.9 Å². The van der Waals surface area contributed by atoms with Crippen molar-refractivity contribution in [2.75, 3.05) is 35.3 Å². The molecule has 4 rings (SSSR count). The number of aliphatic carboxylic acids is 1. The average molecular weight is 485 g/mol. The van der Waals surface area contributed by atoms with Gasteiger partial charge in [-0.2, -0.15) is 0 Å². The summed E-state index contributed by atoms with van der Waals surface area (Å²) in [5.41, 5.74) is 1.95. The Morgan fingerprint density at radius 2 is 1.89 bits per heavy atom. The Morgan fingerprint density at radius 3 is 2.49 bits per heavy atom. The number of ether oxygens (including phenoxy) is 1. The standard InChI is InChI=1S/C26H36N4O5/c1-17(2)16-30(20-8-12-34-13-9-20)22-7-6-19(26(24(31)32)10-4-5-11-26)15-21(22)27-25(33)28-23-14-18(3)29-35-23/h6-7,14-15,17,20H,4-5,8-13,16H2,1-3H3,(H,31,32)(H2,27,28,33). The Hall–Kier alpha value is -3.07. The maximum absolute atomic E-state index is 12.9. The van der Waals surface area contributed by atoms with E-state index in [0.29, 0.717) is 43.4 Å². The molecule has 1 aliphatic carbocycles. The summed E-state index contributed by atoms with van der Waals surface area (Å²) in [6.07, 6.45) is 4.75. The van der Waals surface area contributed by atoms with Crippen LogP contribution < -0.4 is 15.5 Å². The molecule has 1 aromatic heterocycles. The molecule has 2 amide bonds. The maximum atomic E-state index is 12.9. The number of rotatable bonds is 8. The number of urea groups is 1. The number of carbonyl (C=O) groups excluding carboxylic acids is 1. The molecule has 2 fully saturated rings. The number of hydrogen-bond acceptors (Lipinski definition) is 6. The number of anilines is 3. The lowest BCUT2D eigenvalue weighted by atomic mass is 9.78. The smallest absolute Gasteiger partial charge is 0.326 e. The van der Waals surface area contributed by atoms with Crippen molar-refractivity contribution in [1.82, 2.24) is 5.16 Å². The third-order valence-electron chi connectivity index (χ3n) is 7.03. The van der Waals surface area contributed by atoms with Gasteiger partial charge in [-0.05, 0) is 56.2 Å². The van der Waals surface area contributed by atoms with Gasteiger partial charge in [-0.25, -0.2) is 4.79 Å². The fourth-order valence-corrected chi connectivity index (χ4v) is 5.31. The zero-order chi connectivity index (χ0) is 25.0. The normalized spacial score (nSPS) is 17.9. The molecule has 0 radical (unpaired) electrons. The molecule has 35 heavy (non-hydrogen) atoms. The summed E-state index contributed by atoms with van der Waals surface area (Å²) in [6.45, 7) is 8.33. The van der Waals surface area contributed by atoms with Crippen molar-refractivity contribution in [3.05, 3.63) is 35.5 Å². The van der Waals surface area contributed by atoms with Crippen LogP contribution in [-0.4, -0.2) is 48.1 Å². The quantitative estimate of drug-likeness (QED) is 0.473. The lowest BCUT2D eigenvalue weighted by Gasteiger charge is -2.38. The topological polar surface area (TPSA) is 117 Å². The molecular formula is C26H36N4O5. The third kappa shape index (κ3) is 5.61. The van der Waals surface area contributed by atoms with Crippen molar-refractivity contribution in [3.8, 4) is 0 Å². The highest BCUT2D eigenvalue weighted by Gasteiger charge is 2.43. The summed E-state index contributed by atoms with van der Waals surface area (Å²) >= 11 is 0. The fourth-order valence-electron chi connectivity index (χ4n) is 5.31. The summed E-state index contributed by atoms with van der Waals surface area (Å²) in [6, 6.07) is 7.22. The van der Waals surface area contributed by atoms with Crippen molar-refractivity contribution in [2.24, 2.45) is 5.92 Å². The summed E-state index contributed by atoms with van der Waals surface area (Å²) < 4.78 is 10.7. The summed E-state index contributed by atoms with van der Waals surface area (Å²) in [4.78, 5) is 27.7. The molecule has 2 aliphatic rings. The molecule has 3 N–H and O–H groups in total. The molecular weight excluding hydrogens is 448 g/mol. The second-order valence-electron chi connectivity index (χ2n) is 10.1. The first kappa shape index (κ1) is 25.0. The number of carboxylic acid groups (broad SMARTS) is 1. The van der Waals surface area contributed by atoms with E-state index in [1.807, 2.05) is 18.2 Å². The van der Waals surface area contributed by atoms with E-state index < -0.39 is 17.4 Å². The number of aryl methyl sites for hydroxylation is 1. The van der Waals surface area contributed by atoms with E-state index in [-0.39, 0.29) is 11.9 Å². The summed E-state index contributed by atoms with van der Waals surface area (Å²) in [5.74, 6) is -0.158. The van der Waals surface area contributed by atoms with E-state index in [4.69, 9.17) is 9.26 Å². The molecule has 1 saturated heterocycles. The molecule has 2 heterocycles. The van der Waals surface area contributed by atoms with E-state index in [0.717, 1.165) is 43.5 Å². The lowest BCUT2D eigenvalue weighted by Crippen LogP contribution is -2.42. The summed E-state index contributed by atoms with van der Waals surface area (Å²) in [5, 5.41) is 19.6. The zero-order valence-electron chi connectivity index (χ0n) is 20.8. The number of carboxylic acids is 1. The first-order valence-corrected chi connectivity index (χ1v) is 12.5. The Labute approximate surface area is 206 Å². The second kappa shape index (κ2) is 10.7. The van der Waals surface area contributed by atoms with Gasteiger partial charge in [0.05, 0.1) is 22.5 Å².